The molecule has 0 saturated heterocycles. The Bertz CT molecular complexity index is 710. The first kappa shape index (κ1) is 15.0. The molecule has 0 bridgehead atoms. The molecule has 2 aromatic rings. The highest BCUT2D eigenvalue weighted by atomic mass is 16.6. The molecule has 1 N–H and O–H groups in total. The number of aromatic nitrogens is 1. The van der Waals surface area contributed by atoms with Crippen LogP contribution in [0.15, 0.2) is 18.2 Å². The standard InChI is InChI=1S/C15H18N2O4/c1-5-21-14(18)11-7-9-6-10(15(2,3)4)8-12(17(19)20)13(9)16-11/h6-8,16H,5H2,1-4H3. The van der Waals surface area contributed by atoms with E-state index in [1.165, 1.54) is 0 Å². The molecule has 0 saturated carbocycles. The van der Waals surface area contributed by atoms with Gasteiger partial charge in [-0.05, 0) is 30.0 Å². The maximum absolute atomic E-state index is 11.8. The summed E-state index contributed by atoms with van der Waals surface area (Å²) in [6.07, 6.45) is 0. The number of esters is 1. The number of H-pyrrole nitrogens is 1. The highest BCUT2D eigenvalue weighted by molar-refractivity contribution is 5.98. The number of nitro benzene ring substituents is 1. The van der Waals surface area contributed by atoms with E-state index in [9.17, 15) is 14.9 Å². The fraction of sp³-hybridized carbons (Fsp3) is 0.400. The Morgan fingerprint density at radius 3 is 2.52 bits per heavy atom. The molecule has 0 aliphatic heterocycles. The van der Waals surface area contributed by atoms with Crippen LogP contribution in [0, 0.1) is 10.1 Å². The van der Waals surface area contributed by atoms with E-state index in [-0.39, 0.29) is 23.4 Å². The van der Waals surface area contributed by atoms with Gasteiger partial charge in [-0.15, -0.1) is 0 Å². The number of hydrogen-bond donors (Lipinski definition) is 1. The van der Waals surface area contributed by atoms with Crippen LogP contribution in [0.3, 0.4) is 0 Å². The summed E-state index contributed by atoms with van der Waals surface area (Å²) < 4.78 is 4.92. The van der Waals surface area contributed by atoms with Gasteiger partial charge in [-0.2, -0.15) is 0 Å². The molecule has 0 amide bonds. The number of benzene rings is 1. The van der Waals surface area contributed by atoms with Gasteiger partial charge in [0.05, 0.1) is 11.5 Å². The third-order valence-corrected chi connectivity index (χ3v) is 3.27. The molecule has 0 aliphatic carbocycles. The van der Waals surface area contributed by atoms with Gasteiger partial charge in [0.2, 0.25) is 0 Å². The molecule has 2 rings (SSSR count). The van der Waals surface area contributed by atoms with Gasteiger partial charge in [0, 0.05) is 11.5 Å². The second kappa shape index (κ2) is 5.20. The van der Waals surface area contributed by atoms with Crippen LogP contribution in [0.1, 0.15) is 43.7 Å². The Kier molecular flexibility index (Phi) is 3.72. The normalized spacial score (nSPS) is 11.6. The van der Waals surface area contributed by atoms with Crippen molar-refractivity contribution in [2.24, 2.45) is 0 Å². The van der Waals surface area contributed by atoms with Crippen molar-refractivity contribution in [2.45, 2.75) is 33.1 Å². The van der Waals surface area contributed by atoms with Crippen molar-refractivity contribution in [3.63, 3.8) is 0 Å². The van der Waals surface area contributed by atoms with Gasteiger partial charge < -0.3 is 9.72 Å². The minimum atomic E-state index is -0.514. The maximum atomic E-state index is 11.8. The van der Waals surface area contributed by atoms with Crippen molar-refractivity contribution in [3.05, 3.63) is 39.6 Å². The Morgan fingerprint density at radius 2 is 2.00 bits per heavy atom. The number of non-ortho nitro benzene ring substituents is 1. The average molecular weight is 290 g/mol. The molecule has 112 valence electrons. The van der Waals surface area contributed by atoms with Gasteiger partial charge in [0.15, 0.2) is 0 Å². The van der Waals surface area contributed by atoms with Crippen LogP contribution in [0.4, 0.5) is 5.69 Å². The first-order valence-electron chi connectivity index (χ1n) is 6.72. The van der Waals surface area contributed by atoms with Crippen LogP contribution in [-0.4, -0.2) is 22.5 Å². The van der Waals surface area contributed by atoms with Crippen LogP contribution in [0.2, 0.25) is 0 Å². The molecule has 0 radical (unpaired) electrons. The number of aromatic amines is 1. The first-order valence-corrected chi connectivity index (χ1v) is 6.72. The van der Waals surface area contributed by atoms with Gasteiger partial charge in [-0.25, -0.2) is 4.79 Å². The molecule has 1 aromatic heterocycles. The largest absolute Gasteiger partial charge is 0.461 e. The summed E-state index contributed by atoms with van der Waals surface area (Å²) in [6.45, 7) is 7.91. The molecule has 0 unspecified atom stereocenters. The van der Waals surface area contributed by atoms with Crippen LogP contribution in [-0.2, 0) is 10.2 Å². The quantitative estimate of drug-likeness (QED) is 0.532. The number of rotatable bonds is 3. The fourth-order valence-electron chi connectivity index (χ4n) is 2.12. The topological polar surface area (TPSA) is 85.2 Å². The summed E-state index contributed by atoms with van der Waals surface area (Å²) in [5.74, 6) is -0.514. The smallest absolute Gasteiger partial charge is 0.354 e. The Labute approximate surface area is 122 Å². The lowest BCUT2D eigenvalue weighted by Crippen LogP contribution is -2.11. The fourth-order valence-corrected chi connectivity index (χ4v) is 2.12. The Hall–Kier alpha value is -2.37. The van der Waals surface area contributed by atoms with E-state index in [2.05, 4.69) is 4.98 Å². The van der Waals surface area contributed by atoms with Crippen molar-refractivity contribution >= 4 is 22.6 Å². The van der Waals surface area contributed by atoms with Crippen molar-refractivity contribution < 1.29 is 14.5 Å². The van der Waals surface area contributed by atoms with Crippen molar-refractivity contribution in [3.8, 4) is 0 Å². The molecule has 21 heavy (non-hydrogen) atoms. The first-order chi connectivity index (χ1) is 9.74. The summed E-state index contributed by atoms with van der Waals surface area (Å²) >= 11 is 0. The second-order valence-electron chi connectivity index (χ2n) is 5.87. The zero-order valence-electron chi connectivity index (χ0n) is 12.5. The molecular formula is C15H18N2O4. The number of nitrogens with zero attached hydrogens (tertiary/aromatic N) is 1. The number of ether oxygens (including phenoxy) is 1. The highest BCUT2D eigenvalue weighted by Crippen LogP contribution is 2.33. The van der Waals surface area contributed by atoms with Gasteiger partial charge in [0.1, 0.15) is 11.2 Å². The average Bonchev–Trinajstić information content (AvgIpc) is 2.80. The summed E-state index contributed by atoms with van der Waals surface area (Å²) in [4.78, 5) is 25.4. The molecule has 1 aromatic carbocycles. The monoisotopic (exact) mass is 290 g/mol. The maximum Gasteiger partial charge on any atom is 0.354 e. The zero-order valence-corrected chi connectivity index (χ0v) is 12.5. The molecule has 1 heterocycles. The van der Waals surface area contributed by atoms with Crippen molar-refractivity contribution in [2.75, 3.05) is 6.61 Å². The number of fused-ring (bicyclic) bond motifs is 1. The van der Waals surface area contributed by atoms with Gasteiger partial charge in [-0.3, -0.25) is 10.1 Å². The number of carbonyl (C=O) groups excluding carboxylic acids is 1. The van der Waals surface area contributed by atoms with Crippen LogP contribution in [0.5, 0.6) is 0 Å². The van der Waals surface area contributed by atoms with E-state index in [0.717, 1.165) is 5.56 Å². The van der Waals surface area contributed by atoms with Crippen LogP contribution < -0.4 is 0 Å². The lowest BCUT2D eigenvalue weighted by Gasteiger charge is -2.18. The van der Waals surface area contributed by atoms with E-state index >= 15 is 0 Å². The van der Waals surface area contributed by atoms with Gasteiger partial charge >= 0.3 is 5.97 Å². The predicted octanol–water partition coefficient (Wildman–Crippen LogP) is 3.55. The highest BCUT2D eigenvalue weighted by Gasteiger charge is 2.23. The van der Waals surface area contributed by atoms with E-state index in [0.29, 0.717) is 10.9 Å². The lowest BCUT2D eigenvalue weighted by atomic mass is 9.86. The molecule has 6 heteroatoms. The summed E-state index contributed by atoms with van der Waals surface area (Å²) in [7, 11) is 0. The number of carbonyl (C=O) groups is 1. The second-order valence-corrected chi connectivity index (χ2v) is 5.87. The molecule has 0 spiro atoms. The third kappa shape index (κ3) is 2.89. The van der Waals surface area contributed by atoms with Gasteiger partial charge in [-0.1, -0.05) is 20.8 Å². The molecule has 0 aliphatic rings. The SMILES string of the molecule is CCOC(=O)c1cc2cc(C(C)(C)C)cc([N+](=O)[O-])c2[nH]1. The number of nitrogens with one attached hydrogen (secondary N) is 1. The van der Waals surface area contributed by atoms with E-state index in [1.807, 2.05) is 26.8 Å². The van der Waals surface area contributed by atoms with E-state index < -0.39 is 10.9 Å². The molecule has 0 atom stereocenters. The molecule has 0 fully saturated rings. The van der Waals surface area contributed by atoms with Gasteiger partial charge in [0.25, 0.3) is 5.69 Å². The lowest BCUT2D eigenvalue weighted by molar-refractivity contribution is -0.383. The van der Waals surface area contributed by atoms with Crippen LogP contribution >= 0.6 is 0 Å². The summed E-state index contributed by atoms with van der Waals surface area (Å²) in [5.41, 5.74) is 1.15. The number of nitro groups is 1. The minimum absolute atomic E-state index is 0.0343. The van der Waals surface area contributed by atoms with Crippen molar-refractivity contribution in [1.29, 1.82) is 0 Å². The van der Waals surface area contributed by atoms with E-state index in [1.54, 1.807) is 19.1 Å². The number of hydrogen-bond acceptors (Lipinski definition) is 4. The zero-order chi connectivity index (χ0) is 15.8. The molecular weight excluding hydrogens is 272 g/mol. The minimum Gasteiger partial charge on any atom is -0.461 e. The third-order valence-electron chi connectivity index (χ3n) is 3.27. The predicted molar refractivity (Wildman–Crippen MR) is 79.6 cm³/mol. The molecule has 6 nitrogen and oxygen atoms in total. The Balaban J connectivity index is 2.66. The summed E-state index contributed by atoms with van der Waals surface area (Å²) in [5, 5.41) is 11.9. The van der Waals surface area contributed by atoms with E-state index in [4.69, 9.17) is 4.74 Å². The van der Waals surface area contributed by atoms with Crippen LogP contribution in [0.25, 0.3) is 10.9 Å². The summed E-state index contributed by atoms with van der Waals surface area (Å²) in [6, 6.07) is 5.00. The van der Waals surface area contributed by atoms with Crippen molar-refractivity contribution in [1.82, 2.24) is 4.98 Å². The Morgan fingerprint density at radius 1 is 1.33 bits per heavy atom.